The molecule has 1 N–H and O–H groups in total. The number of ketones is 1. The molecular formula is C10H13NO2S. The highest BCUT2D eigenvalue weighted by Crippen LogP contribution is 2.39. The summed E-state index contributed by atoms with van der Waals surface area (Å²) in [6.07, 6.45) is 3.56. The Labute approximate surface area is 86.8 Å². The molecule has 0 radical (unpaired) electrons. The smallest absolute Gasteiger partial charge is 0.133 e. The molecule has 1 saturated carbocycles. The van der Waals surface area contributed by atoms with Gasteiger partial charge in [-0.3, -0.25) is 4.79 Å². The van der Waals surface area contributed by atoms with Crippen molar-refractivity contribution in [1.29, 1.82) is 0 Å². The predicted octanol–water partition coefficient (Wildman–Crippen LogP) is 1.72. The van der Waals surface area contributed by atoms with Crippen LogP contribution in [0.3, 0.4) is 0 Å². The molecule has 1 aromatic heterocycles. The van der Waals surface area contributed by atoms with Crippen LogP contribution in [-0.2, 0) is 10.4 Å². The first-order valence-electron chi connectivity index (χ1n) is 4.74. The molecule has 0 amide bonds. The van der Waals surface area contributed by atoms with E-state index in [1.165, 1.54) is 11.3 Å². The third-order valence-electron chi connectivity index (χ3n) is 2.91. The van der Waals surface area contributed by atoms with E-state index >= 15 is 0 Å². The van der Waals surface area contributed by atoms with Crippen molar-refractivity contribution in [3.63, 3.8) is 0 Å². The van der Waals surface area contributed by atoms with Crippen molar-refractivity contribution < 1.29 is 9.90 Å². The molecular weight excluding hydrogens is 198 g/mol. The van der Waals surface area contributed by atoms with Gasteiger partial charge in [-0.1, -0.05) is 0 Å². The largest absolute Gasteiger partial charge is 0.383 e. The van der Waals surface area contributed by atoms with Gasteiger partial charge in [-0.2, -0.15) is 0 Å². The Kier molecular flexibility index (Phi) is 2.41. The number of aromatic nitrogens is 1. The molecule has 3 nitrogen and oxygen atoms in total. The van der Waals surface area contributed by atoms with Gasteiger partial charge in [-0.15, -0.1) is 11.3 Å². The average Bonchev–Trinajstić information content (AvgIpc) is 2.72. The van der Waals surface area contributed by atoms with Crippen LogP contribution in [0.4, 0.5) is 0 Å². The maximum atomic E-state index is 11.1. The van der Waals surface area contributed by atoms with Crippen molar-refractivity contribution in [1.82, 2.24) is 4.98 Å². The number of hydrogen-bond donors (Lipinski definition) is 1. The number of Topliss-reactive ketones (excluding diaryl/α,β-unsaturated/α-hetero) is 1. The molecule has 1 aliphatic carbocycles. The lowest BCUT2D eigenvalue weighted by Gasteiger charge is -2.27. The van der Waals surface area contributed by atoms with Crippen LogP contribution < -0.4 is 0 Å². The van der Waals surface area contributed by atoms with Gasteiger partial charge in [-0.25, -0.2) is 4.98 Å². The van der Waals surface area contributed by atoms with Crippen molar-refractivity contribution in [2.75, 3.05) is 0 Å². The van der Waals surface area contributed by atoms with E-state index in [1.807, 2.05) is 5.38 Å². The van der Waals surface area contributed by atoms with E-state index in [9.17, 15) is 9.90 Å². The Morgan fingerprint density at radius 3 is 3.00 bits per heavy atom. The predicted molar refractivity (Wildman–Crippen MR) is 54.0 cm³/mol. The molecule has 0 unspecified atom stereocenters. The lowest BCUT2D eigenvalue weighted by atomic mass is 9.88. The van der Waals surface area contributed by atoms with Crippen LogP contribution in [0.1, 0.15) is 31.2 Å². The summed E-state index contributed by atoms with van der Waals surface area (Å²) in [5.74, 6) is 0.299. The van der Waals surface area contributed by atoms with E-state index in [2.05, 4.69) is 4.98 Å². The van der Waals surface area contributed by atoms with Gasteiger partial charge in [0.25, 0.3) is 0 Å². The normalized spacial score (nSPS) is 26.4. The zero-order valence-corrected chi connectivity index (χ0v) is 8.88. The molecule has 1 aromatic rings. The van der Waals surface area contributed by atoms with Gasteiger partial charge in [0.1, 0.15) is 16.4 Å². The minimum Gasteiger partial charge on any atom is -0.383 e. The highest BCUT2D eigenvalue weighted by Gasteiger charge is 2.40. The van der Waals surface area contributed by atoms with E-state index in [4.69, 9.17) is 0 Å². The molecule has 0 aliphatic heterocycles. The molecule has 14 heavy (non-hydrogen) atoms. The van der Waals surface area contributed by atoms with E-state index in [0.29, 0.717) is 12.8 Å². The summed E-state index contributed by atoms with van der Waals surface area (Å²) in [6, 6.07) is 0. The lowest BCUT2D eigenvalue weighted by molar-refractivity contribution is -0.118. The zero-order valence-electron chi connectivity index (χ0n) is 8.06. The van der Waals surface area contributed by atoms with Crippen LogP contribution in [-0.4, -0.2) is 15.9 Å². The summed E-state index contributed by atoms with van der Waals surface area (Å²) in [6.45, 7) is 1.76. The highest BCUT2D eigenvalue weighted by molar-refractivity contribution is 7.09. The quantitative estimate of drug-likeness (QED) is 0.810. The fourth-order valence-electron chi connectivity index (χ4n) is 1.94. The van der Waals surface area contributed by atoms with Crippen LogP contribution in [0.15, 0.2) is 11.6 Å². The van der Waals surface area contributed by atoms with Gasteiger partial charge in [0.05, 0.1) is 0 Å². The molecule has 0 bridgehead atoms. The van der Waals surface area contributed by atoms with Crippen molar-refractivity contribution in [2.45, 2.75) is 31.8 Å². The minimum atomic E-state index is -0.930. The molecule has 4 heteroatoms. The minimum absolute atomic E-state index is 0.0427. The van der Waals surface area contributed by atoms with Crippen molar-refractivity contribution in [3.8, 4) is 0 Å². The van der Waals surface area contributed by atoms with Gasteiger partial charge in [0.15, 0.2) is 0 Å². The SMILES string of the molecule is C[C@](O)(c1nccs1)[C@H]1CCC(=O)C1. The molecule has 2 atom stereocenters. The van der Waals surface area contributed by atoms with Gasteiger partial charge < -0.3 is 5.11 Å². The first-order chi connectivity index (χ1) is 6.60. The Hall–Kier alpha value is -0.740. The fraction of sp³-hybridized carbons (Fsp3) is 0.600. The van der Waals surface area contributed by atoms with E-state index < -0.39 is 5.60 Å². The summed E-state index contributed by atoms with van der Waals surface area (Å²) >= 11 is 1.45. The summed E-state index contributed by atoms with van der Waals surface area (Å²) in [7, 11) is 0. The summed E-state index contributed by atoms with van der Waals surface area (Å²) in [4.78, 5) is 15.3. The average molecular weight is 211 g/mol. The van der Waals surface area contributed by atoms with Crippen LogP contribution in [0.2, 0.25) is 0 Å². The number of carbonyl (C=O) groups is 1. The molecule has 1 heterocycles. The molecule has 1 fully saturated rings. The molecule has 0 spiro atoms. The van der Waals surface area contributed by atoms with Gasteiger partial charge >= 0.3 is 0 Å². The van der Waals surface area contributed by atoms with Crippen LogP contribution in [0, 0.1) is 5.92 Å². The maximum absolute atomic E-state index is 11.1. The number of hydrogen-bond acceptors (Lipinski definition) is 4. The molecule has 0 saturated heterocycles. The first kappa shape index (κ1) is 9.80. The molecule has 76 valence electrons. The van der Waals surface area contributed by atoms with Crippen molar-refractivity contribution >= 4 is 17.1 Å². The standard InChI is InChI=1S/C10H13NO2S/c1-10(13,9-11-4-5-14-9)7-2-3-8(12)6-7/h4-5,7,13H,2-3,6H2,1H3/t7-,10+/m0/s1. The van der Waals surface area contributed by atoms with E-state index in [0.717, 1.165) is 11.4 Å². The summed E-state index contributed by atoms with van der Waals surface area (Å²) in [5.41, 5.74) is -0.930. The molecule has 1 aliphatic rings. The number of thiazole rings is 1. The van der Waals surface area contributed by atoms with E-state index in [-0.39, 0.29) is 11.7 Å². The van der Waals surface area contributed by atoms with Crippen molar-refractivity contribution in [2.24, 2.45) is 5.92 Å². The van der Waals surface area contributed by atoms with E-state index in [1.54, 1.807) is 13.1 Å². The fourth-order valence-corrected chi connectivity index (χ4v) is 2.72. The number of carbonyl (C=O) groups excluding carboxylic acids is 1. The number of aliphatic hydroxyl groups is 1. The molecule has 0 aromatic carbocycles. The Morgan fingerprint density at radius 2 is 2.50 bits per heavy atom. The number of nitrogens with zero attached hydrogens (tertiary/aromatic N) is 1. The number of rotatable bonds is 2. The van der Waals surface area contributed by atoms with Gasteiger partial charge in [0.2, 0.25) is 0 Å². The van der Waals surface area contributed by atoms with Gasteiger partial charge in [-0.05, 0) is 13.3 Å². The monoisotopic (exact) mass is 211 g/mol. The summed E-state index contributed by atoms with van der Waals surface area (Å²) < 4.78 is 0. The Balaban J connectivity index is 2.20. The first-order valence-corrected chi connectivity index (χ1v) is 5.62. The van der Waals surface area contributed by atoms with Crippen LogP contribution in [0.25, 0.3) is 0 Å². The second-order valence-electron chi connectivity index (χ2n) is 3.96. The summed E-state index contributed by atoms with van der Waals surface area (Å²) in [5, 5.41) is 12.9. The van der Waals surface area contributed by atoms with Gasteiger partial charge in [0, 0.05) is 30.3 Å². The van der Waals surface area contributed by atoms with Crippen molar-refractivity contribution in [3.05, 3.63) is 16.6 Å². The lowest BCUT2D eigenvalue weighted by Crippen LogP contribution is -2.30. The second-order valence-corrected chi connectivity index (χ2v) is 4.86. The third kappa shape index (κ3) is 1.60. The Bertz CT molecular complexity index is 332. The Morgan fingerprint density at radius 1 is 1.71 bits per heavy atom. The molecule has 2 rings (SSSR count). The maximum Gasteiger partial charge on any atom is 0.133 e. The second kappa shape index (κ2) is 3.44. The third-order valence-corrected chi connectivity index (χ3v) is 3.91. The highest BCUT2D eigenvalue weighted by atomic mass is 32.1. The van der Waals surface area contributed by atoms with Crippen LogP contribution >= 0.6 is 11.3 Å². The van der Waals surface area contributed by atoms with Crippen LogP contribution in [0.5, 0.6) is 0 Å². The zero-order chi connectivity index (χ0) is 10.2. The topological polar surface area (TPSA) is 50.2 Å².